The molecule has 106 valence electrons. The fourth-order valence-electron chi connectivity index (χ4n) is 2.26. The van der Waals surface area contributed by atoms with E-state index in [-0.39, 0.29) is 11.9 Å². The van der Waals surface area contributed by atoms with Crippen LogP contribution in [0.15, 0.2) is 48.8 Å². The normalized spacial score (nSPS) is 12.3. The van der Waals surface area contributed by atoms with Crippen molar-refractivity contribution in [3.63, 3.8) is 0 Å². The highest BCUT2D eigenvalue weighted by Crippen LogP contribution is 2.19. The molecule has 0 aliphatic rings. The van der Waals surface area contributed by atoms with Gasteiger partial charge in [0.1, 0.15) is 5.82 Å². The van der Waals surface area contributed by atoms with E-state index in [9.17, 15) is 4.39 Å². The first-order chi connectivity index (χ1) is 9.79. The van der Waals surface area contributed by atoms with Crippen LogP contribution >= 0.6 is 0 Å². The van der Waals surface area contributed by atoms with Crippen LogP contribution < -0.4 is 5.32 Å². The van der Waals surface area contributed by atoms with E-state index in [1.54, 1.807) is 0 Å². The van der Waals surface area contributed by atoms with Gasteiger partial charge >= 0.3 is 0 Å². The molecule has 0 spiro atoms. The smallest absolute Gasteiger partial charge is 0.123 e. The number of halogens is 1. The monoisotopic (exact) mass is 272 g/mol. The van der Waals surface area contributed by atoms with Crippen LogP contribution in [0.3, 0.4) is 0 Å². The molecule has 1 atom stereocenters. The third kappa shape index (κ3) is 4.42. The molecule has 1 heterocycles. The highest BCUT2D eigenvalue weighted by molar-refractivity contribution is 5.20. The predicted molar refractivity (Wildman–Crippen MR) is 80.0 cm³/mol. The second-order valence-electron chi connectivity index (χ2n) is 4.95. The third-order valence-corrected chi connectivity index (χ3v) is 3.38. The molecule has 0 aliphatic heterocycles. The van der Waals surface area contributed by atoms with Crippen molar-refractivity contribution in [3.8, 4) is 0 Å². The zero-order valence-corrected chi connectivity index (χ0v) is 11.8. The van der Waals surface area contributed by atoms with Crippen LogP contribution in [-0.4, -0.2) is 11.5 Å². The zero-order valence-electron chi connectivity index (χ0n) is 11.8. The maximum atomic E-state index is 13.0. The standard InChI is InChI=1S/C17H21FN2/c1-2-11-20-17(15-4-6-16(18)7-5-15)8-3-14-9-12-19-13-10-14/h4-7,9-10,12-13,17,20H,2-3,8,11H2,1H3. The summed E-state index contributed by atoms with van der Waals surface area (Å²) < 4.78 is 13.0. The van der Waals surface area contributed by atoms with Crippen LogP contribution in [0, 0.1) is 5.82 Å². The van der Waals surface area contributed by atoms with Gasteiger partial charge in [-0.05, 0) is 61.2 Å². The van der Waals surface area contributed by atoms with Crippen molar-refractivity contribution in [3.05, 3.63) is 65.7 Å². The number of nitrogens with one attached hydrogen (secondary N) is 1. The number of pyridine rings is 1. The van der Waals surface area contributed by atoms with Gasteiger partial charge in [0.15, 0.2) is 0 Å². The fraction of sp³-hybridized carbons (Fsp3) is 0.353. The van der Waals surface area contributed by atoms with Crippen LogP contribution in [0.5, 0.6) is 0 Å². The summed E-state index contributed by atoms with van der Waals surface area (Å²) in [5.41, 5.74) is 2.43. The van der Waals surface area contributed by atoms with Gasteiger partial charge in [0.05, 0.1) is 0 Å². The Morgan fingerprint density at radius 3 is 2.45 bits per heavy atom. The van der Waals surface area contributed by atoms with E-state index in [1.165, 1.54) is 17.7 Å². The molecule has 2 aromatic rings. The summed E-state index contributed by atoms with van der Waals surface area (Å²) in [7, 11) is 0. The first-order valence-electron chi connectivity index (χ1n) is 7.17. The lowest BCUT2D eigenvalue weighted by Crippen LogP contribution is -2.22. The summed E-state index contributed by atoms with van der Waals surface area (Å²) in [6, 6.07) is 11.2. The Hall–Kier alpha value is -1.74. The minimum absolute atomic E-state index is 0.183. The molecule has 20 heavy (non-hydrogen) atoms. The molecule has 0 amide bonds. The fourth-order valence-corrected chi connectivity index (χ4v) is 2.26. The lowest BCUT2D eigenvalue weighted by atomic mass is 9.99. The van der Waals surface area contributed by atoms with Crippen LogP contribution in [0.2, 0.25) is 0 Å². The number of hydrogen-bond donors (Lipinski definition) is 1. The number of benzene rings is 1. The Kier molecular flexibility index (Phi) is 5.69. The summed E-state index contributed by atoms with van der Waals surface area (Å²) in [6.07, 6.45) is 6.72. The van der Waals surface area contributed by atoms with Crippen molar-refractivity contribution in [1.82, 2.24) is 10.3 Å². The number of nitrogens with zero attached hydrogens (tertiary/aromatic N) is 1. The van der Waals surface area contributed by atoms with Gasteiger partial charge in [0, 0.05) is 18.4 Å². The van der Waals surface area contributed by atoms with Gasteiger partial charge in [0.25, 0.3) is 0 Å². The maximum Gasteiger partial charge on any atom is 0.123 e. The molecular formula is C17H21FN2. The first kappa shape index (κ1) is 14.7. The van der Waals surface area contributed by atoms with Gasteiger partial charge in [0.2, 0.25) is 0 Å². The van der Waals surface area contributed by atoms with E-state index in [2.05, 4.69) is 17.2 Å². The highest BCUT2D eigenvalue weighted by Gasteiger charge is 2.10. The molecule has 1 unspecified atom stereocenters. The summed E-state index contributed by atoms with van der Waals surface area (Å²) in [5.74, 6) is -0.183. The van der Waals surface area contributed by atoms with Crippen molar-refractivity contribution >= 4 is 0 Å². The maximum absolute atomic E-state index is 13.0. The molecule has 1 aromatic heterocycles. The number of aryl methyl sites for hydroxylation is 1. The molecular weight excluding hydrogens is 251 g/mol. The minimum Gasteiger partial charge on any atom is -0.310 e. The van der Waals surface area contributed by atoms with Gasteiger partial charge < -0.3 is 5.32 Å². The molecule has 1 N–H and O–H groups in total. The van der Waals surface area contributed by atoms with Gasteiger partial charge in [-0.25, -0.2) is 4.39 Å². The molecule has 1 aromatic carbocycles. The molecule has 0 bridgehead atoms. The van der Waals surface area contributed by atoms with Crippen LogP contribution in [0.1, 0.15) is 36.9 Å². The molecule has 2 nitrogen and oxygen atoms in total. The van der Waals surface area contributed by atoms with Crippen molar-refractivity contribution in [2.75, 3.05) is 6.54 Å². The van der Waals surface area contributed by atoms with E-state index in [0.29, 0.717) is 0 Å². The largest absolute Gasteiger partial charge is 0.310 e. The Balaban J connectivity index is 2.01. The van der Waals surface area contributed by atoms with E-state index < -0.39 is 0 Å². The molecule has 0 radical (unpaired) electrons. The van der Waals surface area contributed by atoms with E-state index in [1.807, 2.05) is 36.7 Å². The lowest BCUT2D eigenvalue weighted by molar-refractivity contribution is 0.498. The first-order valence-corrected chi connectivity index (χ1v) is 7.17. The average molecular weight is 272 g/mol. The minimum atomic E-state index is -0.183. The zero-order chi connectivity index (χ0) is 14.2. The summed E-state index contributed by atoms with van der Waals surface area (Å²) in [5, 5.41) is 3.54. The van der Waals surface area contributed by atoms with Gasteiger partial charge in [-0.15, -0.1) is 0 Å². The third-order valence-electron chi connectivity index (χ3n) is 3.38. The van der Waals surface area contributed by atoms with E-state index in [4.69, 9.17) is 0 Å². The lowest BCUT2D eigenvalue weighted by Gasteiger charge is -2.19. The number of aromatic nitrogens is 1. The average Bonchev–Trinajstić information content (AvgIpc) is 2.50. The molecule has 0 saturated heterocycles. The van der Waals surface area contributed by atoms with Crippen LogP contribution in [0.25, 0.3) is 0 Å². The Bertz CT molecular complexity index is 496. The molecule has 3 heteroatoms. The van der Waals surface area contributed by atoms with Crippen molar-refractivity contribution in [1.29, 1.82) is 0 Å². The molecule has 2 rings (SSSR count). The van der Waals surface area contributed by atoms with Gasteiger partial charge in [-0.1, -0.05) is 19.1 Å². The van der Waals surface area contributed by atoms with Crippen LogP contribution in [0.4, 0.5) is 4.39 Å². The molecule has 0 aliphatic carbocycles. The second kappa shape index (κ2) is 7.75. The van der Waals surface area contributed by atoms with Crippen LogP contribution in [-0.2, 0) is 6.42 Å². The number of hydrogen-bond acceptors (Lipinski definition) is 2. The summed E-state index contributed by atoms with van der Waals surface area (Å²) in [6.45, 7) is 3.12. The molecule has 0 saturated carbocycles. The highest BCUT2D eigenvalue weighted by atomic mass is 19.1. The van der Waals surface area contributed by atoms with Gasteiger partial charge in [-0.3, -0.25) is 4.98 Å². The van der Waals surface area contributed by atoms with Crippen molar-refractivity contribution < 1.29 is 4.39 Å². The quantitative estimate of drug-likeness (QED) is 0.827. The predicted octanol–water partition coefficient (Wildman–Crippen LogP) is 3.89. The second-order valence-corrected chi connectivity index (χ2v) is 4.95. The number of rotatable bonds is 7. The summed E-state index contributed by atoms with van der Waals surface area (Å²) in [4.78, 5) is 4.03. The van der Waals surface area contributed by atoms with E-state index in [0.717, 1.165) is 31.4 Å². The SMILES string of the molecule is CCCNC(CCc1ccncc1)c1ccc(F)cc1. The Morgan fingerprint density at radius 2 is 1.80 bits per heavy atom. The summed E-state index contributed by atoms with van der Waals surface area (Å²) >= 11 is 0. The van der Waals surface area contributed by atoms with Crippen molar-refractivity contribution in [2.24, 2.45) is 0 Å². The molecule has 0 fully saturated rings. The van der Waals surface area contributed by atoms with Gasteiger partial charge in [-0.2, -0.15) is 0 Å². The Labute approximate surface area is 120 Å². The van der Waals surface area contributed by atoms with E-state index >= 15 is 0 Å². The van der Waals surface area contributed by atoms with Crippen molar-refractivity contribution in [2.45, 2.75) is 32.2 Å². The Morgan fingerprint density at radius 1 is 1.10 bits per heavy atom. The topological polar surface area (TPSA) is 24.9 Å².